The number of hydrogen-bond acceptors (Lipinski definition) is 2. The van der Waals surface area contributed by atoms with E-state index >= 15 is 0 Å². The van der Waals surface area contributed by atoms with Crippen LogP contribution in [0, 0.1) is 35.4 Å². The standard InChI is InChI=1S/C29H40F4N2O/c30-25-13-11-19(15-24(25)29(31,32)33)16-35-17-22-12-14-26(23(22)18-35)34-28(36)27(20-7-3-1-4-8-20)21-9-5-2-6-10-21/h11,13,15,20-23,26-27H,1-10,12,14,16-18H2,(H,34,36). The first-order chi connectivity index (χ1) is 17.3. The van der Waals surface area contributed by atoms with Crippen LogP contribution in [0.2, 0.25) is 0 Å². The van der Waals surface area contributed by atoms with E-state index in [0.717, 1.165) is 38.1 Å². The van der Waals surface area contributed by atoms with Crippen molar-refractivity contribution in [2.24, 2.45) is 29.6 Å². The van der Waals surface area contributed by atoms with Crippen molar-refractivity contribution in [3.8, 4) is 0 Å². The van der Waals surface area contributed by atoms with Crippen LogP contribution in [0.25, 0.3) is 0 Å². The van der Waals surface area contributed by atoms with Crippen molar-refractivity contribution >= 4 is 5.91 Å². The third-order valence-electron chi connectivity index (χ3n) is 9.62. The smallest absolute Gasteiger partial charge is 0.353 e. The molecule has 3 saturated carbocycles. The molecule has 0 spiro atoms. The Morgan fingerprint density at radius 3 is 2.17 bits per heavy atom. The van der Waals surface area contributed by atoms with Gasteiger partial charge in [0.05, 0.1) is 5.56 Å². The predicted molar refractivity (Wildman–Crippen MR) is 131 cm³/mol. The number of carbonyl (C=O) groups excluding carboxylic acids is 1. The molecule has 36 heavy (non-hydrogen) atoms. The van der Waals surface area contributed by atoms with Crippen LogP contribution in [0.1, 0.15) is 88.2 Å². The molecule has 3 atom stereocenters. The van der Waals surface area contributed by atoms with Crippen molar-refractivity contribution in [1.29, 1.82) is 0 Å². The van der Waals surface area contributed by atoms with Gasteiger partial charge in [0.15, 0.2) is 0 Å². The highest BCUT2D eigenvalue weighted by molar-refractivity contribution is 5.79. The fourth-order valence-electron chi connectivity index (χ4n) is 7.89. The van der Waals surface area contributed by atoms with Crippen LogP contribution in [0.3, 0.4) is 0 Å². The molecule has 1 N–H and O–H groups in total. The zero-order valence-electron chi connectivity index (χ0n) is 21.2. The molecule has 0 radical (unpaired) electrons. The average Bonchev–Trinajstić information content (AvgIpc) is 3.42. The summed E-state index contributed by atoms with van der Waals surface area (Å²) in [7, 11) is 0. The number of amides is 1. The van der Waals surface area contributed by atoms with E-state index < -0.39 is 17.6 Å². The molecule has 1 amide bonds. The molecule has 1 aromatic rings. The van der Waals surface area contributed by atoms with Crippen molar-refractivity contribution in [3.63, 3.8) is 0 Å². The van der Waals surface area contributed by atoms with Gasteiger partial charge >= 0.3 is 6.18 Å². The molecule has 0 aromatic heterocycles. The van der Waals surface area contributed by atoms with Crippen molar-refractivity contribution in [2.45, 2.75) is 95.8 Å². The van der Waals surface area contributed by atoms with Crippen LogP contribution >= 0.6 is 0 Å². The molecule has 1 aliphatic heterocycles. The molecule has 3 aliphatic carbocycles. The molecule has 3 nitrogen and oxygen atoms in total. The van der Waals surface area contributed by atoms with Crippen LogP contribution < -0.4 is 5.32 Å². The fraction of sp³-hybridized carbons (Fsp3) is 0.759. The van der Waals surface area contributed by atoms with Crippen molar-refractivity contribution in [2.75, 3.05) is 13.1 Å². The molecular formula is C29H40F4N2O. The highest BCUT2D eigenvalue weighted by Gasteiger charge is 2.45. The molecule has 4 aliphatic rings. The van der Waals surface area contributed by atoms with E-state index in [-0.39, 0.29) is 17.9 Å². The minimum atomic E-state index is -4.69. The Hall–Kier alpha value is -1.63. The number of fused-ring (bicyclic) bond motifs is 1. The third kappa shape index (κ3) is 5.76. The van der Waals surface area contributed by atoms with Crippen molar-refractivity contribution in [1.82, 2.24) is 10.2 Å². The Morgan fingerprint density at radius 2 is 1.56 bits per heavy atom. The maximum Gasteiger partial charge on any atom is 0.419 e. The average molecular weight is 509 g/mol. The first kappa shape index (κ1) is 26.0. The summed E-state index contributed by atoms with van der Waals surface area (Å²) in [5.41, 5.74) is -0.708. The summed E-state index contributed by atoms with van der Waals surface area (Å²) < 4.78 is 53.1. The first-order valence-corrected chi connectivity index (χ1v) is 14.2. The number of rotatable bonds is 6. The van der Waals surface area contributed by atoms with E-state index in [1.165, 1.54) is 70.3 Å². The summed E-state index contributed by atoms with van der Waals surface area (Å²) in [6, 6.07) is 3.48. The van der Waals surface area contributed by atoms with Gasteiger partial charge in [-0.25, -0.2) is 4.39 Å². The van der Waals surface area contributed by atoms with E-state index in [0.29, 0.717) is 35.8 Å². The highest BCUT2D eigenvalue weighted by Crippen LogP contribution is 2.42. The normalized spacial score (nSPS) is 28.5. The quantitative estimate of drug-likeness (QED) is 0.422. The second-order valence-corrected chi connectivity index (χ2v) is 11.9. The van der Waals surface area contributed by atoms with Gasteiger partial charge in [-0.1, -0.05) is 44.6 Å². The molecule has 1 aromatic carbocycles. The molecule has 5 rings (SSSR count). The number of nitrogens with zero attached hydrogens (tertiary/aromatic N) is 1. The van der Waals surface area contributed by atoms with E-state index in [1.54, 1.807) is 0 Å². The number of nitrogens with one attached hydrogen (secondary N) is 1. The van der Waals surface area contributed by atoms with Crippen LogP contribution in [-0.4, -0.2) is 29.9 Å². The molecular weight excluding hydrogens is 468 g/mol. The van der Waals surface area contributed by atoms with Gasteiger partial charge in [-0.05, 0) is 79.9 Å². The van der Waals surface area contributed by atoms with E-state index in [2.05, 4.69) is 10.2 Å². The van der Waals surface area contributed by atoms with Crippen LogP contribution in [0.5, 0.6) is 0 Å². The molecule has 4 fully saturated rings. The van der Waals surface area contributed by atoms with Gasteiger partial charge in [-0.15, -0.1) is 0 Å². The Labute approximate surface area is 212 Å². The van der Waals surface area contributed by atoms with E-state index in [1.807, 2.05) is 0 Å². The number of likely N-dealkylation sites (tertiary alicyclic amines) is 1. The van der Waals surface area contributed by atoms with Gasteiger partial charge in [0, 0.05) is 31.6 Å². The number of alkyl halides is 3. The summed E-state index contributed by atoms with van der Waals surface area (Å²) in [6.07, 6.45) is 9.59. The van der Waals surface area contributed by atoms with Crippen molar-refractivity contribution in [3.05, 3.63) is 35.1 Å². The van der Waals surface area contributed by atoms with E-state index in [9.17, 15) is 22.4 Å². The SMILES string of the molecule is O=C(NC1CCC2CN(Cc3ccc(F)c(C(F)(F)F)c3)CC21)C(C1CCCCC1)C1CCCCC1. The second-order valence-electron chi connectivity index (χ2n) is 11.9. The summed E-state index contributed by atoms with van der Waals surface area (Å²) in [4.78, 5) is 15.9. The Bertz CT molecular complexity index is 889. The molecule has 7 heteroatoms. The summed E-state index contributed by atoms with van der Waals surface area (Å²) in [6.45, 7) is 1.97. The minimum Gasteiger partial charge on any atom is -0.353 e. The lowest BCUT2D eigenvalue weighted by atomic mass is 9.69. The number of halogens is 4. The lowest BCUT2D eigenvalue weighted by Gasteiger charge is -2.37. The second kappa shape index (κ2) is 11.0. The van der Waals surface area contributed by atoms with E-state index in [4.69, 9.17) is 0 Å². The van der Waals surface area contributed by atoms with Crippen molar-refractivity contribution < 1.29 is 22.4 Å². The molecule has 1 heterocycles. The molecule has 3 unspecified atom stereocenters. The number of benzene rings is 1. The minimum absolute atomic E-state index is 0.141. The maximum absolute atomic E-state index is 13.8. The Kier molecular flexibility index (Phi) is 7.95. The largest absolute Gasteiger partial charge is 0.419 e. The summed E-state index contributed by atoms with van der Waals surface area (Å²) in [5, 5.41) is 3.50. The first-order valence-electron chi connectivity index (χ1n) is 14.2. The van der Waals surface area contributed by atoms with Crippen LogP contribution in [0.15, 0.2) is 18.2 Å². The number of carbonyl (C=O) groups is 1. The van der Waals surface area contributed by atoms with Crippen LogP contribution in [-0.2, 0) is 17.5 Å². The fourth-order valence-corrected chi connectivity index (χ4v) is 7.89. The third-order valence-corrected chi connectivity index (χ3v) is 9.62. The highest BCUT2D eigenvalue weighted by atomic mass is 19.4. The molecule has 1 saturated heterocycles. The maximum atomic E-state index is 13.8. The molecule has 200 valence electrons. The summed E-state index contributed by atoms with van der Waals surface area (Å²) >= 11 is 0. The van der Waals surface area contributed by atoms with Gasteiger partial charge < -0.3 is 5.32 Å². The lowest BCUT2D eigenvalue weighted by molar-refractivity contribution is -0.140. The number of hydrogen-bond donors (Lipinski definition) is 1. The zero-order chi connectivity index (χ0) is 25.3. The van der Waals surface area contributed by atoms with Gasteiger partial charge in [-0.2, -0.15) is 13.2 Å². The zero-order valence-corrected chi connectivity index (χ0v) is 21.2. The molecule has 0 bridgehead atoms. The Balaban J connectivity index is 1.22. The Morgan fingerprint density at radius 1 is 0.917 bits per heavy atom. The topological polar surface area (TPSA) is 32.3 Å². The van der Waals surface area contributed by atoms with Crippen LogP contribution in [0.4, 0.5) is 17.6 Å². The monoisotopic (exact) mass is 508 g/mol. The van der Waals surface area contributed by atoms with Gasteiger partial charge in [-0.3, -0.25) is 9.69 Å². The lowest BCUT2D eigenvalue weighted by Crippen LogP contribution is -2.47. The predicted octanol–water partition coefficient (Wildman–Crippen LogP) is 6.95. The summed E-state index contributed by atoms with van der Waals surface area (Å²) in [5.74, 6) is 1.02. The van der Waals surface area contributed by atoms with Gasteiger partial charge in [0.25, 0.3) is 0 Å². The van der Waals surface area contributed by atoms with Gasteiger partial charge in [0.1, 0.15) is 5.82 Å². The van der Waals surface area contributed by atoms with Gasteiger partial charge in [0.2, 0.25) is 5.91 Å².